The fourth-order valence-corrected chi connectivity index (χ4v) is 4.65. The topological polar surface area (TPSA) is 74.2 Å². The monoisotopic (exact) mass is 461 g/mol. The van der Waals surface area contributed by atoms with Crippen LogP contribution in [0, 0.1) is 0 Å². The molecule has 0 saturated heterocycles. The van der Waals surface area contributed by atoms with E-state index in [1.165, 1.54) is 0 Å². The summed E-state index contributed by atoms with van der Waals surface area (Å²) in [6.45, 7) is 0. The van der Waals surface area contributed by atoms with Crippen LogP contribution in [0.3, 0.4) is 0 Å². The lowest BCUT2D eigenvalue weighted by atomic mass is 9.92. The third kappa shape index (κ3) is 4.81. The highest BCUT2D eigenvalue weighted by molar-refractivity contribution is 6.40. The number of hydrogen-bond donors (Lipinski definition) is 2. The van der Waals surface area contributed by atoms with Gasteiger partial charge < -0.3 is 15.2 Å². The Bertz CT molecular complexity index is 981. The first-order valence-electron chi connectivity index (χ1n) is 10.4. The maximum Gasteiger partial charge on any atom is 0.267 e. The number of anilines is 1. The first-order chi connectivity index (χ1) is 15.0. The Balaban J connectivity index is 1.62. The minimum atomic E-state index is -0.515. The van der Waals surface area contributed by atoms with Crippen molar-refractivity contribution in [3.8, 4) is 5.75 Å². The van der Waals surface area contributed by atoms with Gasteiger partial charge in [-0.2, -0.15) is 5.10 Å². The van der Waals surface area contributed by atoms with Crippen molar-refractivity contribution >= 4 is 40.5 Å². The summed E-state index contributed by atoms with van der Waals surface area (Å²) in [4.78, 5) is 13.0. The van der Waals surface area contributed by atoms with Gasteiger partial charge in [0, 0.05) is 11.4 Å². The van der Waals surface area contributed by atoms with Crippen LogP contribution >= 0.6 is 23.2 Å². The molecule has 1 saturated carbocycles. The molecule has 1 aliphatic heterocycles. The maximum absolute atomic E-state index is 13.0. The van der Waals surface area contributed by atoms with E-state index < -0.39 is 6.10 Å². The smallest absolute Gasteiger partial charge is 0.267 e. The molecule has 1 heterocycles. The SMILES string of the molecule is COc1ccc([C@@H]2CC(C(=O)N[C@H]3CCCC[C@@H]3O)=NN2c2ccc(Cl)cc2Cl)cc1. The van der Waals surface area contributed by atoms with Crippen molar-refractivity contribution in [1.29, 1.82) is 0 Å². The number of carbonyl (C=O) groups excluding carboxylic acids is 1. The second kappa shape index (κ2) is 9.47. The van der Waals surface area contributed by atoms with Gasteiger partial charge >= 0.3 is 0 Å². The number of halogens is 2. The van der Waals surface area contributed by atoms with Crippen LogP contribution in [-0.2, 0) is 4.79 Å². The molecule has 1 amide bonds. The van der Waals surface area contributed by atoms with E-state index >= 15 is 0 Å². The standard InChI is InChI=1S/C23H25Cl2N3O3/c1-31-16-9-6-14(7-10-16)21-13-19(23(30)26-18-4-2-3-5-22(18)29)27-28(21)20-11-8-15(24)12-17(20)25/h6-12,18,21-22,29H,2-5,13H2,1H3,(H,26,30)/t18-,21-,22-/m0/s1. The lowest BCUT2D eigenvalue weighted by molar-refractivity contribution is -0.116. The second-order valence-corrected chi connectivity index (χ2v) is 8.76. The molecule has 0 unspecified atom stereocenters. The van der Waals surface area contributed by atoms with Crippen LogP contribution in [0.25, 0.3) is 0 Å². The fraction of sp³-hybridized carbons (Fsp3) is 0.391. The van der Waals surface area contributed by atoms with Gasteiger partial charge in [0.2, 0.25) is 0 Å². The predicted molar refractivity (Wildman–Crippen MR) is 123 cm³/mol. The number of nitrogens with one attached hydrogen (secondary N) is 1. The molecule has 1 aliphatic carbocycles. The van der Waals surface area contributed by atoms with Crippen LogP contribution in [0.2, 0.25) is 10.0 Å². The zero-order valence-electron chi connectivity index (χ0n) is 17.2. The zero-order valence-corrected chi connectivity index (χ0v) is 18.7. The molecule has 164 valence electrons. The number of aliphatic hydroxyl groups excluding tert-OH is 1. The van der Waals surface area contributed by atoms with E-state index in [1.54, 1.807) is 30.3 Å². The Morgan fingerprint density at radius 3 is 2.58 bits per heavy atom. The summed E-state index contributed by atoms with van der Waals surface area (Å²) in [6.07, 6.45) is 3.36. The number of hydrazone groups is 1. The molecule has 1 fully saturated rings. The average Bonchev–Trinajstić information content (AvgIpc) is 3.20. The number of amides is 1. The Hall–Kier alpha value is -2.28. The first kappa shape index (κ1) is 21.9. The molecule has 0 bridgehead atoms. The highest BCUT2D eigenvalue weighted by Crippen LogP contribution is 2.40. The molecule has 8 heteroatoms. The van der Waals surface area contributed by atoms with Crippen LogP contribution in [0.1, 0.15) is 43.7 Å². The number of ether oxygens (including phenoxy) is 1. The number of nitrogens with zero attached hydrogens (tertiary/aromatic N) is 2. The zero-order chi connectivity index (χ0) is 22.0. The molecule has 4 rings (SSSR count). The molecule has 0 radical (unpaired) electrons. The maximum atomic E-state index is 13.0. The summed E-state index contributed by atoms with van der Waals surface area (Å²) >= 11 is 12.5. The van der Waals surface area contributed by atoms with Gasteiger partial charge in [-0.25, -0.2) is 0 Å². The molecule has 6 nitrogen and oxygen atoms in total. The second-order valence-electron chi connectivity index (χ2n) is 7.91. The van der Waals surface area contributed by atoms with Gasteiger partial charge in [0.25, 0.3) is 5.91 Å². The number of carbonyl (C=O) groups is 1. The van der Waals surface area contributed by atoms with Gasteiger partial charge in [-0.3, -0.25) is 9.80 Å². The van der Waals surface area contributed by atoms with E-state index in [4.69, 9.17) is 27.9 Å². The quantitative estimate of drug-likeness (QED) is 0.674. The van der Waals surface area contributed by atoms with Crippen molar-refractivity contribution in [1.82, 2.24) is 5.32 Å². The molecule has 2 N–H and O–H groups in total. The van der Waals surface area contributed by atoms with Crippen molar-refractivity contribution in [3.63, 3.8) is 0 Å². The molecule has 2 aliphatic rings. The highest BCUT2D eigenvalue weighted by atomic mass is 35.5. The van der Waals surface area contributed by atoms with Crippen LogP contribution in [0.4, 0.5) is 5.69 Å². The van der Waals surface area contributed by atoms with Crippen molar-refractivity contribution in [2.75, 3.05) is 12.1 Å². The van der Waals surface area contributed by atoms with Gasteiger partial charge in [-0.15, -0.1) is 0 Å². The molecule has 31 heavy (non-hydrogen) atoms. The molecule has 2 aromatic carbocycles. The van der Waals surface area contributed by atoms with Crippen molar-refractivity contribution in [2.45, 2.75) is 50.3 Å². The summed E-state index contributed by atoms with van der Waals surface area (Å²) in [5, 5.41) is 20.6. The van der Waals surface area contributed by atoms with Gasteiger partial charge in [0.1, 0.15) is 11.5 Å². The Morgan fingerprint density at radius 2 is 1.90 bits per heavy atom. The minimum Gasteiger partial charge on any atom is -0.497 e. The summed E-state index contributed by atoms with van der Waals surface area (Å²) in [5.74, 6) is 0.500. The van der Waals surface area contributed by atoms with Crippen molar-refractivity contribution in [3.05, 3.63) is 58.1 Å². The van der Waals surface area contributed by atoms with E-state index in [0.717, 1.165) is 30.6 Å². The first-order valence-corrected chi connectivity index (χ1v) is 11.2. The summed E-state index contributed by atoms with van der Waals surface area (Å²) in [6, 6.07) is 12.5. The van der Waals surface area contributed by atoms with Gasteiger partial charge in [-0.1, -0.05) is 48.2 Å². The van der Waals surface area contributed by atoms with E-state index in [2.05, 4.69) is 10.4 Å². The Morgan fingerprint density at radius 1 is 1.16 bits per heavy atom. The van der Waals surface area contributed by atoms with Crippen molar-refractivity contribution in [2.24, 2.45) is 5.10 Å². The predicted octanol–water partition coefficient (Wildman–Crippen LogP) is 4.73. The molecule has 0 aromatic heterocycles. The van der Waals surface area contributed by atoms with Crippen molar-refractivity contribution < 1.29 is 14.6 Å². The highest BCUT2D eigenvalue weighted by Gasteiger charge is 2.35. The van der Waals surface area contributed by atoms with Crippen LogP contribution < -0.4 is 15.1 Å². The van der Waals surface area contributed by atoms with Crippen LogP contribution in [0.15, 0.2) is 47.6 Å². The Labute approximate surface area is 191 Å². The van der Waals surface area contributed by atoms with Gasteiger partial charge in [-0.05, 0) is 48.7 Å². The van der Waals surface area contributed by atoms with Gasteiger partial charge in [0.15, 0.2) is 0 Å². The fourth-order valence-electron chi connectivity index (χ4n) is 4.15. The third-order valence-corrected chi connectivity index (χ3v) is 6.41. The number of methoxy groups -OCH3 is 1. The molecular weight excluding hydrogens is 437 g/mol. The number of aliphatic hydroxyl groups is 1. The lowest BCUT2D eigenvalue weighted by Gasteiger charge is -2.28. The lowest BCUT2D eigenvalue weighted by Crippen LogP contribution is -2.47. The Kier molecular flexibility index (Phi) is 6.70. The molecule has 0 spiro atoms. The van der Waals surface area contributed by atoms with Gasteiger partial charge in [0.05, 0.1) is 36.0 Å². The molecule has 2 aromatic rings. The average molecular weight is 462 g/mol. The molecule has 3 atom stereocenters. The van der Waals surface area contributed by atoms with E-state index in [1.807, 2.05) is 24.3 Å². The summed E-state index contributed by atoms with van der Waals surface area (Å²) in [5.41, 5.74) is 2.06. The summed E-state index contributed by atoms with van der Waals surface area (Å²) < 4.78 is 5.26. The third-order valence-electron chi connectivity index (χ3n) is 5.88. The largest absolute Gasteiger partial charge is 0.497 e. The van der Waals surface area contributed by atoms with E-state index in [-0.39, 0.29) is 18.0 Å². The minimum absolute atomic E-state index is 0.207. The molecular formula is C23H25Cl2N3O3. The number of hydrogen-bond acceptors (Lipinski definition) is 5. The van der Waals surface area contributed by atoms with Crippen LogP contribution in [0.5, 0.6) is 5.75 Å². The number of rotatable bonds is 5. The number of benzene rings is 2. The van der Waals surface area contributed by atoms with Crippen LogP contribution in [-0.4, -0.2) is 36.0 Å². The van der Waals surface area contributed by atoms with E-state index in [0.29, 0.717) is 34.3 Å². The van der Waals surface area contributed by atoms with E-state index in [9.17, 15) is 9.90 Å². The summed E-state index contributed by atoms with van der Waals surface area (Å²) in [7, 11) is 1.62. The normalized spacial score (nSPS) is 23.4.